The fourth-order valence-electron chi connectivity index (χ4n) is 2.14. The summed E-state index contributed by atoms with van der Waals surface area (Å²) in [6, 6.07) is 2.22. The van der Waals surface area contributed by atoms with Gasteiger partial charge in [-0.3, -0.25) is 9.69 Å². The number of aromatic amines is 1. The maximum Gasteiger partial charge on any atom is 0.252 e. The van der Waals surface area contributed by atoms with Crippen LogP contribution in [0, 0.1) is 0 Å². The molecule has 2 rings (SSSR count). The molecule has 0 spiro atoms. The summed E-state index contributed by atoms with van der Waals surface area (Å²) in [5.74, 6) is 0. The summed E-state index contributed by atoms with van der Waals surface area (Å²) in [5.41, 5.74) is 0.653. The Morgan fingerprint density at radius 2 is 2.24 bits per heavy atom. The number of pyridine rings is 1. The van der Waals surface area contributed by atoms with Crippen LogP contribution in [0.25, 0.3) is 0 Å². The van der Waals surface area contributed by atoms with E-state index in [1.165, 1.54) is 6.20 Å². The van der Waals surface area contributed by atoms with Crippen molar-refractivity contribution >= 4 is 11.6 Å². The lowest BCUT2D eigenvalue weighted by Gasteiger charge is -2.30. The maximum atomic E-state index is 11.6. The average molecular weight is 257 g/mol. The highest BCUT2D eigenvalue weighted by molar-refractivity contribution is 6.30. The van der Waals surface area contributed by atoms with E-state index in [1.807, 2.05) is 7.05 Å². The van der Waals surface area contributed by atoms with Crippen LogP contribution in [0.3, 0.4) is 0 Å². The van der Waals surface area contributed by atoms with Crippen LogP contribution in [0.15, 0.2) is 17.1 Å². The first-order valence-electron chi connectivity index (χ1n) is 5.82. The molecule has 1 aromatic rings. The fraction of sp³-hybridized carbons (Fsp3) is 0.583. The van der Waals surface area contributed by atoms with Crippen LogP contribution in [-0.4, -0.2) is 36.2 Å². The number of aromatic nitrogens is 1. The normalized spacial score (nSPS) is 17.6. The van der Waals surface area contributed by atoms with Crippen LogP contribution >= 0.6 is 11.6 Å². The van der Waals surface area contributed by atoms with E-state index >= 15 is 0 Å². The molecule has 0 saturated carbocycles. The van der Waals surface area contributed by atoms with Gasteiger partial charge in [0, 0.05) is 37.6 Å². The Morgan fingerprint density at radius 1 is 1.53 bits per heavy atom. The second-order valence-electron chi connectivity index (χ2n) is 4.43. The minimum absolute atomic E-state index is 0.0618. The summed E-state index contributed by atoms with van der Waals surface area (Å²) in [7, 11) is 2.04. The largest absolute Gasteiger partial charge is 0.381 e. The van der Waals surface area contributed by atoms with Gasteiger partial charge < -0.3 is 9.72 Å². The number of rotatable bonds is 3. The van der Waals surface area contributed by atoms with Crippen molar-refractivity contribution in [3.8, 4) is 0 Å². The molecule has 5 heteroatoms. The Kier molecular flexibility index (Phi) is 4.20. The Balaban J connectivity index is 2.04. The molecule has 17 heavy (non-hydrogen) atoms. The van der Waals surface area contributed by atoms with Crippen molar-refractivity contribution in [1.29, 1.82) is 0 Å². The smallest absolute Gasteiger partial charge is 0.252 e. The van der Waals surface area contributed by atoms with Gasteiger partial charge in [-0.25, -0.2) is 0 Å². The number of H-pyrrole nitrogens is 1. The third kappa shape index (κ3) is 3.31. The minimum Gasteiger partial charge on any atom is -0.381 e. The van der Waals surface area contributed by atoms with Gasteiger partial charge in [-0.15, -0.1) is 0 Å². The summed E-state index contributed by atoms with van der Waals surface area (Å²) >= 11 is 5.88. The highest BCUT2D eigenvalue weighted by Crippen LogP contribution is 2.15. The highest BCUT2D eigenvalue weighted by atomic mass is 35.5. The van der Waals surface area contributed by atoms with Gasteiger partial charge in [0.1, 0.15) is 0 Å². The third-order valence-corrected chi connectivity index (χ3v) is 3.40. The average Bonchev–Trinajstić information content (AvgIpc) is 2.35. The molecular formula is C12H17ClN2O2. The van der Waals surface area contributed by atoms with Crippen LogP contribution in [0.5, 0.6) is 0 Å². The topological polar surface area (TPSA) is 45.3 Å². The van der Waals surface area contributed by atoms with Crippen LogP contribution in [-0.2, 0) is 11.3 Å². The van der Waals surface area contributed by atoms with E-state index < -0.39 is 0 Å². The molecule has 4 nitrogen and oxygen atoms in total. The molecule has 0 aromatic carbocycles. The van der Waals surface area contributed by atoms with Crippen molar-refractivity contribution in [3.63, 3.8) is 0 Å². The molecule has 1 aromatic heterocycles. The van der Waals surface area contributed by atoms with Gasteiger partial charge in [-0.2, -0.15) is 0 Å². The van der Waals surface area contributed by atoms with E-state index in [0.717, 1.165) is 26.1 Å². The van der Waals surface area contributed by atoms with Gasteiger partial charge in [0.15, 0.2) is 0 Å². The summed E-state index contributed by atoms with van der Waals surface area (Å²) in [6.07, 6.45) is 3.56. The van der Waals surface area contributed by atoms with Crippen LogP contribution in [0.4, 0.5) is 0 Å². The summed E-state index contributed by atoms with van der Waals surface area (Å²) in [4.78, 5) is 16.5. The highest BCUT2D eigenvalue weighted by Gasteiger charge is 2.19. The molecular weight excluding hydrogens is 240 g/mol. The maximum absolute atomic E-state index is 11.6. The Bertz CT molecular complexity index is 427. The molecule has 2 heterocycles. The van der Waals surface area contributed by atoms with E-state index in [4.69, 9.17) is 16.3 Å². The number of nitrogens with zero attached hydrogens (tertiary/aromatic N) is 1. The Labute approximate surface area is 106 Å². The molecule has 1 saturated heterocycles. The number of nitrogens with one attached hydrogen (secondary N) is 1. The first-order chi connectivity index (χ1) is 8.16. The van der Waals surface area contributed by atoms with Gasteiger partial charge in [0.05, 0.1) is 5.02 Å². The molecule has 1 aliphatic rings. The first kappa shape index (κ1) is 12.6. The standard InChI is InChI=1S/C12H17ClN2O2/c1-15(11-2-4-17-5-3-11)8-9-6-10(13)7-14-12(9)16/h6-7,11H,2-5,8H2,1H3,(H,14,16). The van der Waals surface area contributed by atoms with E-state index in [-0.39, 0.29) is 5.56 Å². The molecule has 1 N–H and O–H groups in total. The minimum atomic E-state index is -0.0618. The lowest BCUT2D eigenvalue weighted by molar-refractivity contribution is 0.0406. The van der Waals surface area contributed by atoms with Crippen molar-refractivity contribution in [2.45, 2.75) is 25.4 Å². The zero-order chi connectivity index (χ0) is 12.3. The monoisotopic (exact) mass is 256 g/mol. The molecule has 94 valence electrons. The molecule has 1 aliphatic heterocycles. The van der Waals surface area contributed by atoms with E-state index in [9.17, 15) is 4.79 Å². The number of hydrogen-bond donors (Lipinski definition) is 1. The molecule has 0 radical (unpaired) electrons. The SMILES string of the molecule is CN(Cc1cc(Cl)c[nH]c1=O)C1CCOCC1. The zero-order valence-corrected chi connectivity index (χ0v) is 10.7. The number of halogens is 1. The van der Waals surface area contributed by atoms with Crippen LogP contribution < -0.4 is 5.56 Å². The quantitative estimate of drug-likeness (QED) is 0.894. The van der Waals surface area contributed by atoms with Gasteiger partial charge in [-0.1, -0.05) is 11.6 Å². The van der Waals surface area contributed by atoms with Crippen molar-refractivity contribution in [1.82, 2.24) is 9.88 Å². The van der Waals surface area contributed by atoms with Crippen LogP contribution in [0.2, 0.25) is 5.02 Å². The second-order valence-corrected chi connectivity index (χ2v) is 4.87. The van der Waals surface area contributed by atoms with E-state index in [0.29, 0.717) is 23.2 Å². The summed E-state index contributed by atoms with van der Waals surface area (Å²) in [6.45, 7) is 2.24. The lowest BCUT2D eigenvalue weighted by atomic mass is 10.1. The molecule has 0 bridgehead atoms. The zero-order valence-electron chi connectivity index (χ0n) is 9.91. The molecule has 0 amide bonds. The Morgan fingerprint density at radius 3 is 2.94 bits per heavy atom. The van der Waals surface area contributed by atoms with E-state index in [1.54, 1.807) is 6.07 Å². The molecule has 0 unspecified atom stereocenters. The lowest BCUT2D eigenvalue weighted by Crippen LogP contribution is -2.37. The van der Waals surface area contributed by atoms with E-state index in [2.05, 4.69) is 9.88 Å². The molecule has 0 aliphatic carbocycles. The summed E-state index contributed by atoms with van der Waals surface area (Å²) in [5, 5.41) is 0.569. The number of hydrogen-bond acceptors (Lipinski definition) is 3. The molecule has 1 fully saturated rings. The van der Waals surface area contributed by atoms with Gasteiger partial charge >= 0.3 is 0 Å². The van der Waals surface area contributed by atoms with Crippen molar-refractivity contribution in [3.05, 3.63) is 33.2 Å². The predicted molar refractivity (Wildman–Crippen MR) is 67.4 cm³/mol. The fourth-order valence-corrected chi connectivity index (χ4v) is 2.33. The van der Waals surface area contributed by atoms with Gasteiger partial charge in [0.25, 0.3) is 5.56 Å². The van der Waals surface area contributed by atoms with Crippen molar-refractivity contribution in [2.24, 2.45) is 0 Å². The van der Waals surface area contributed by atoms with Crippen molar-refractivity contribution in [2.75, 3.05) is 20.3 Å². The van der Waals surface area contributed by atoms with Gasteiger partial charge in [-0.05, 0) is 26.0 Å². The summed E-state index contributed by atoms with van der Waals surface area (Å²) < 4.78 is 5.33. The van der Waals surface area contributed by atoms with Crippen LogP contribution in [0.1, 0.15) is 18.4 Å². The molecule has 0 atom stereocenters. The van der Waals surface area contributed by atoms with Crippen molar-refractivity contribution < 1.29 is 4.74 Å². The second kappa shape index (κ2) is 5.67. The predicted octanol–water partition coefficient (Wildman–Crippen LogP) is 1.64. The van der Waals surface area contributed by atoms with Gasteiger partial charge in [0.2, 0.25) is 0 Å². The first-order valence-corrected chi connectivity index (χ1v) is 6.19. The Hall–Kier alpha value is -0.840. The third-order valence-electron chi connectivity index (χ3n) is 3.18. The number of ether oxygens (including phenoxy) is 1.